The van der Waals surface area contributed by atoms with E-state index in [0.717, 1.165) is 5.01 Å². The number of benzene rings is 1. The SMILES string of the molecule is CCS(=O)(=O)c1ccc(Cl)cc1-c1csc(C(C)NC)n1. The molecule has 1 atom stereocenters. The monoisotopic (exact) mass is 344 g/mol. The second-order valence-corrected chi connectivity index (χ2v) is 8.20. The van der Waals surface area contributed by atoms with Crippen LogP contribution >= 0.6 is 22.9 Å². The second-order valence-electron chi connectivity index (χ2n) is 4.63. The van der Waals surface area contributed by atoms with E-state index in [9.17, 15) is 8.42 Å². The molecule has 7 heteroatoms. The average molecular weight is 345 g/mol. The Balaban J connectivity index is 2.58. The largest absolute Gasteiger partial charge is 0.311 e. The lowest BCUT2D eigenvalue weighted by molar-refractivity contribution is 0.597. The van der Waals surface area contributed by atoms with Crippen molar-refractivity contribution in [3.63, 3.8) is 0 Å². The van der Waals surface area contributed by atoms with Crippen molar-refractivity contribution in [1.29, 1.82) is 0 Å². The van der Waals surface area contributed by atoms with Gasteiger partial charge < -0.3 is 5.32 Å². The van der Waals surface area contributed by atoms with Crippen molar-refractivity contribution in [2.75, 3.05) is 12.8 Å². The molecule has 0 saturated carbocycles. The molecule has 0 radical (unpaired) electrons. The molecule has 0 aliphatic rings. The minimum Gasteiger partial charge on any atom is -0.311 e. The van der Waals surface area contributed by atoms with Crippen molar-refractivity contribution in [2.45, 2.75) is 24.8 Å². The highest BCUT2D eigenvalue weighted by Gasteiger charge is 2.20. The van der Waals surface area contributed by atoms with Crippen LogP contribution in [0.25, 0.3) is 11.3 Å². The quantitative estimate of drug-likeness (QED) is 0.901. The van der Waals surface area contributed by atoms with Gasteiger partial charge in [-0.05, 0) is 32.2 Å². The third-order valence-corrected chi connectivity index (χ3v) is 6.31. The van der Waals surface area contributed by atoms with Crippen molar-refractivity contribution in [1.82, 2.24) is 10.3 Å². The predicted molar refractivity (Wildman–Crippen MR) is 87.8 cm³/mol. The second kappa shape index (κ2) is 6.44. The molecule has 0 saturated heterocycles. The highest BCUT2D eigenvalue weighted by Crippen LogP contribution is 2.32. The Morgan fingerprint density at radius 3 is 2.76 bits per heavy atom. The van der Waals surface area contributed by atoms with Crippen LogP contribution in [0.15, 0.2) is 28.5 Å². The summed E-state index contributed by atoms with van der Waals surface area (Å²) in [6.45, 7) is 3.63. The van der Waals surface area contributed by atoms with Gasteiger partial charge in [-0.3, -0.25) is 0 Å². The number of hydrogen-bond acceptors (Lipinski definition) is 5. The van der Waals surface area contributed by atoms with E-state index >= 15 is 0 Å². The average Bonchev–Trinajstić information content (AvgIpc) is 2.95. The van der Waals surface area contributed by atoms with Gasteiger partial charge in [0.25, 0.3) is 0 Å². The number of nitrogens with one attached hydrogen (secondary N) is 1. The van der Waals surface area contributed by atoms with Crippen LogP contribution < -0.4 is 5.32 Å². The summed E-state index contributed by atoms with van der Waals surface area (Å²) < 4.78 is 24.4. The first kappa shape index (κ1) is 16.4. The summed E-state index contributed by atoms with van der Waals surface area (Å²) in [6.07, 6.45) is 0. The minimum absolute atomic E-state index is 0.0472. The number of hydrogen-bond donors (Lipinski definition) is 1. The lowest BCUT2D eigenvalue weighted by atomic mass is 10.2. The third kappa shape index (κ3) is 3.45. The molecule has 1 aromatic heterocycles. The van der Waals surface area contributed by atoms with Crippen LogP contribution in [0.2, 0.25) is 5.02 Å². The number of halogens is 1. The predicted octanol–water partition coefficient (Wildman–Crippen LogP) is 3.54. The van der Waals surface area contributed by atoms with E-state index in [4.69, 9.17) is 11.6 Å². The Morgan fingerprint density at radius 1 is 1.43 bits per heavy atom. The molecule has 1 aromatic carbocycles. The van der Waals surface area contributed by atoms with Gasteiger partial charge in [0.2, 0.25) is 0 Å². The summed E-state index contributed by atoms with van der Waals surface area (Å²) in [5.41, 5.74) is 1.21. The van der Waals surface area contributed by atoms with Crippen LogP contribution in [-0.2, 0) is 9.84 Å². The Bertz CT molecular complexity index is 741. The van der Waals surface area contributed by atoms with Gasteiger partial charge in [0.1, 0.15) is 5.01 Å². The molecule has 0 spiro atoms. The van der Waals surface area contributed by atoms with Crippen LogP contribution in [-0.4, -0.2) is 26.2 Å². The standard InChI is InChI=1S/C14H17ClN2O2S2/c1-4-21(18,19)13-6-5-10(15)7-11(13)12-8-20-14(17-12)9(2)16-3/h5-9,16H,4H2,1-3H3. The Labute approximate surface area is 134 Å². The third-order valence-electron chi connectivity index (χ3n) is 3.26. The highest BCUT2D eigenvalue weighted by atomic mass is 35.5. The van der Waals surface area contributed by atoms with Crippen LogP contribution in [0.1, 0.15) is 24.9 Å². The maximum absolute atomic E-state index is 12.2. The van der Waals surface area contributed by atoms with Crippen LogP contribution in [0.3, 0.4) is 0 Å². The Hall–Kier alpha value is -0.950. The Kier molecular flexibility index (Phi) is 5.03. The van der Waals surface area contributed by atoms with Crippen molar-refractivity contribution in [2.24, 2.45) is 0 Å². The molecule has 0 fully saturated rings. The number of aromatic nitrogens is 1. The number of nitrogens with zero attached hydrogens (tertiary/aromatic N) is 1. The van der Waals surface area contributed by atoms with Crippen LogP contribution in [0, 0.1) is 0 Å². The maximum atomic E-state index is 12.2. The fourth-order valence-corrected chi connectivity index (χ4v) is 4.00. The van der Waals surface area contributed by atoms with Gasteiger partial charge in [0.15, 0.2) is 9.84 Å². The molecule has 2 rings (SSSR count). The molecule has 0 bridgehead atoms. The molecule has 4 nitrogen and oxygen atoms in total. The van der Waals surface area contributed by atoms with E-state index < -0.39 is 9.84 Å². The van der Waals surface area contributed by atoms with E-state index in [1.165, 1.54) is 11.3 Å². The molecule has 0 amide bonds. The van der Waals surface area contributed by atoms with E-state index in [-0.39, 0.29) is 16.7 Å². The number of thiazole rings is 1. The number of sulfone groups is 1. The summed E-state index contributed by atoms with van der Waals surface area (Å²) in [7, 11) is -1.46. The van der Waals surface area contributed by atoms with E-state index in [2.05, 4.69) is 10.3 Å². The van der Waals surface area contributed by atoms with E-state index in [1.807, 2.05) is 19.4 Å². The molecule has 114 valence electrons. The summed E-state index contributed by atoms with van der Waals surface area (Å²) >= 11 is 7.52. The fraction of sp³-hybridized carbons (Fsp3) is 0.357. The molecular formula is C14H17ClN2O2S2. The Morgan fingerprint density at radius 2 is 2.14 bits per heavy atom. The van der Waals surface area contributed by atoms with Gasteiger partial charge in [0, 0.05) is 16.0 Å². The summed E-state index contributed by atoms with van der Waals surface area (Å²) in [4.78, 5) is 4.81. The zero-order chi connectivity index (χ0) is 15.6. The van der Waals surface area contributed by atoms with E-state index in [0.29, 0.717) is 16.3 Å². The molecule has 0 aliphatic carbocycles. The lowest BCUT2D eigenvalue weighted by Gasteiger charge is -2.08. The zero-order valence-electron chi connectivity index (χ0n) is 12.1. The topological polar surface area (TPSA) is 59.1 Å². The van der Waals surface area contributed by atoms with Crippen LogP contribution in [0.5, 0.6) is 0 Å². The molecular weight excluding hydrogens is 328 g/mol. The van der Waals surface area contributed by atoms with Crippen molar-refractivity contribution < 1.29 is 8.42 Å². The normalized spacial score (nSPS) is 13.3. The maximum Gasteiger partial charge on any atom is 0.178 e. The fourth-order valence-electron chi connectivity index (χ4n) is 1.86. The van der Waals surface area contributed by atoms with Crippen molar-refractivity contribution in [3.05, 3.63) is 33.6 Å². The zero-order valence-corrected chi connectivity index (χ0v) is 14.4. The van der Waals surface area contributed by atoms with Gasteiger partial charge in [-0.2, -0.15) is 0 Å². The molecule has 1 unspecified atom stereocenters. The van der Waals surface area contributed by atoms with Crippen molar-refractivity contribution >= 4 is 32.8 Å². The first-order valence-electron chi connectivity index (χ1n) is 6.54. The van der Waals surface area contributed by atoms with Gasteiger partial charge in [-0.25, -0.2) is 13.4 Å². The van der Waals surface area contributed by atoms with Crippen molar-refractivity contribution in [3.8, 4) is 11.3 Å². The van der Waals surface area contributed by atoms with E-state index in [1.54, 1.807) is 25.1 Å². The first-order chi connectivity index (χ1) is 9.89. The highest BCUT2D eigenvalue weighted by molar-refractivity contribution is 7.91. The minimum atomic E-state index is -3.32. The van der Waals surface area contributed by atoms with Crippen LogP contribution in [0.4, 0.5) is 0 Å². The van der Waals surface area contributed by atoms with Gasteiger partial charge in [-0.1, -0.05) is 18.5 Å². The molecule has 21 heavy (non-hydrogen) atoms. The molecule has 2 aromatic rings. The molecule has 1 heterocycles. The van der Waals surface area contributed by atoms with Gasteiger partial charge >= 0.3 is 0 Å². The van der Waals surface area contributed by atoms with Gasteiger partial charge in [-0.15, -0.1) is 11.3 Å². The molecule has 1 N–H and O–H groups in total. The summed E-state index contributed by atoms with van der Waals surface area (Å²) in [5, 5.41) is 6.39. The summed E-state index contributed by atoms with van der Waals surface area (Å²) in [6, 6.07) is 4.93. The molecule has 0 aliphatic heterocycles. The lowest BCUT2D eigenvalue weighted by Crippen LogP contribution is -2.11. The van der Waals surface area contributed by atoms with Gasteiger partial charge in [0.05, 0.1) is 22.4 Å². The summed E-state index contributed by atoms with van der Waals surface area (Å²) in [5.74, 6) is 0.0472. The number of rotatable bonds is 5. The first-order valence-corrected chi connectivity index (χ1v) is 9.45. The smallest absolute Gasteiger partial charge is 0.178 e.